The highest BCUT2D eigenvalue weighted by Gasteiger charge is 2.29. The third-order valence-corrected chi connectivity index (χ3v) is 4.16. The largest absolute Gasteiger partial charge is 0.466 e. The molecule has 1 heterocycles. The van der Waals surface area contributed by atoms with Gasteiger partial charge in [0, 0.05) is 5.56 Å². The van der Waals surface area contributed by atoms with Gasteiger partial charge >= 0.3 is 0 Å². The van der Waals surface area contributed by atoms with Crippen LogP contribution in [0.5, 0.6) is 0 Å². The van der Waals surface area contributed by atoms with Crippen LogP contribution in [0.3, 0.4) is 0 Å². The Morgan fingerprint density at radius 3 is 2.57 bits per heavy atom. The number of benzene rings is 1. The smallest absolute Gasteiger partial charge is 0.227 e. The van der Waals surface area contributed by atoms with E-state index in [9.17, 15) is 9.90 Å². The van der Waals surface area contributed by atoms with E-state index in [4.69, 9.17) is 4.42 Å². The molecule has 0 fully saturated rings. The van der Waals surface area contributed by atoms with E-state index in [2.05, 4.69) is 5.32 Å². The molecule has 0 radical (unpaired) electrons. The van der Waals surface area contributed by atoms with Crippen LogP contribution in [0.1, 0.15) is 48.0 Å². The van der Waals surface area contributed by atoms with Crippen LogP contribution < -0.4 is 5.32 Å². The Kier molecular flexibility index (Phi) is 4.95. The van der Waals surface area contributed by atoms with Crippen LogP contribution in [0.25, 0.3) is 0 Å². The molecule has 2 atom stereocenters. The summed E-state index contributed by atoms with van der Waals surface area (Å²) in [6, 6.07) is 9.71. The van der Waals surface area contributed by atoms with Crippen molar-refractivity contribution >= 4 is 5.91 Å². The van der Waals surface area contributed by atoms with E-state index in [1.54, 1.807) is 6.92 Å². The molecule has 2 rings (SSSR count). The van der Waals surface area contributed by atoms with Crippen molar-refractivity contribution in [3.63, 3.8) is 0 Å². The SMILES string of the molecule is Cc1cccc(C(C)C(=O)NCC(C)(O)c2cc(C)oc2C)c1. The van der Waals surface area contributed by atoms with E-state index in [-0.39, 0.29) is 18.4 Å². The summed E-state index contributed by atoms with van der Waals surface area (Å²) in [7, 11) is 0. The monoisotopic (exact) mass is 315 g/mol. The fraction of sp³-hybridized carbons (Fsp3) is 0.421. The molecule has 0 bridgehead atoms. The molecule has 23 heavy (non-hydrogen) atoms. The molecular formula is C19H25NO3. The number of rotatable bonds is 5. The topological polar surface area (TPSA) is 62.5 Å². The molecule has 0 saturated carbocycles. The van der Waals surface area contributed by atoms with Crippen LogP contribution in [-0.4, -0.2) is 17.6 Å². The predicted molar refractivity (Wildman–Crippen MR) is 90.4 cm³/mol. The van der Waals surface area contributed by atoms with Crippen molar-refractivity contribution in [3.05, 3.63) is 58.5 Å². The van der Waals surface area contributed by atoms with Gasteiger partial charge in [-0.15, -0.1) is 0 Å². The maximum Gasteiger partial charge on any atom is 0.227 e. The number of nitrogens with one attached hydrogen (secondary N) is 1. The minimum Gasteiger partial charge on any atom is -0.466 e. The van der Waals surface area contributed by atoms with E-state index in [1.165, 1.54) is 0 Å². The Morgan fingerprint density at radius 2 is 2.00 bits per heavy atom. The van der Waals surface area contributed by atoms with Gasteiger partial charge in [-0.3, -0.25) is 4.79 Å². The molecule has 0 spiro atoms. The fourth-order valence-corrected chi connectivity index (χ4v) is 2.76. The first-order valence-electron chi connectivity index (χ1n) is 7.85. The highest BCUT2D eigenvalue weighted by atomic mass is 16.3. The Labute approximate surface area is 137 Å². The third kappa shape index (κ3) is 4.02. The van der Waals surface area contributed by atoms with Crippen molar-refractivity contribution in [1.82, 2.24) is 5.32 Å². The lowest BCUT2D eigenvalue weighted by molar-refractivity contribution is -0.123. The molecule has 2 N–H and O–H groups in total. The van der Waals surface area contributed by atoms with Gasteiger partial charge in [-0.1, -0.05) is 29.8 Å². The maximum atomic E-state index is 12.4. The second-order valence-corrected chi connectivity index (χ2v) is 6.45. The van der Waals surface area contributed by atoms with Crippen LogP contribution in [0.4, 0.5) is 0 Å². The summed E-state index contributed by atoms with van der Waals surface area (Å²) < 4.78 is 5.46. The first-order valence-corrected chi connectivity index (χ1v) is 7.85. The van der Waals surface area contributed by atoms with Gasteiger partial charge in [-0.25, -0.2) is 0 Å². The van der Waals surface area contributed by atoms with Crippen molar-refractivity contribution in [3.8, 4) is 0 Å². The average Bonchev–Trinajstić information content (AvgIpc) is 2.83. The zero-order valence-electron chi connectivity index (χ0n) is 14.4. The van der Waals surface area contributed by atoms with Crippen molar-refractivity contribution in [2.75, 3.05) is 6.54 Å². The molecule has 1 aromatic heterocycles. The zero-order valence-corrected chi connectivity index (χ0v) is 14.4. The Balaban J connectivity index is 2.04. The van der Waals surface area contributed by atoms with E-state index in [0.717, 1.165) is 16.9 Å². The van der Waals surface area contributed by atoms with Crippen LogP contribution in [-0.2, 0) is 10.4 Å². The summed E-state index contributed by atoms with van der Waals surface area (Å²) in [4.78, 5) is 12.4. The molecule has 0 aliphatic rings. The number of hydrogen-bond donors (Lipinski definition) is 2. The van der Waals surface area contributed by atoms with Crippen molar-refractivity contribution in [2.45, 2.75) is 46.1 Å². The lowest BCUT2D eigenvalue weighted by Crippen LogP contribution is -2.40. The lowest BCUT2D eigenvalue weighted by Gasteiger charge is -2.24. The van der Waals surface area contributed by atoms with Crippen molar-refractivity contribution < 1.29 is 14.3 Å². The van der Waals surface area contributed by atoms with Gasteiger partial charge in [-0.2, -0.15) is 0 Å². The van der Waals surface area contributed by atoms with Gasteiger partial charge in [0.25, 0.3) is 0 Å². The first-order chi connectivity index (χ1) is 10.7. The summed E-state index contributed by atoms with van der Waals surface area (Å²) in [6.07, 6.45) is 0. The van der Waals surface area contributed by atoms with Crippen LogP contribution in [0, 0.1) is 20.8 Å². The first kappa shape index (κ1) is 17.3. The van der Waals surface area contributed by atoms with Crippen LogP contribution in [0.2, 0.25) is 0 Å². The Bertz CT molecular complexity index is 700. The second kappa shape index (κ2) is 6.59. The van der Waals surface area contributed by atoms with Gasteiger partial charge in [0.2, 0.25) is 5.91 Å². The number of aryl methyl sites for hydroxylation is 3. The van der Waals surface area contributed by atoms with E-state index in [1.807, 2.05) is 58.0 Å². The molecule has 2 aromatic rings. The zero-order chi connectivity index (χ0) is 17.2. The standard InChI is InChI=1S/C19H25NO3/c1-12-7-6-8-16(9-12)14(3)18(21)20-11-19(5,22)17-10-13(2)23-15(17)4/h6-10,14,22H,11H2,1-5H3,(H,20,21). The summed E-state index contributed by atoms with van der Waals surface area (Å²) in [6.45, 7) is 9.34. The number of hydrogen-bond acceptors (Lipinski definition) is 3. The number of aliphatic hydroxyl groups is 1. The average molecular weight is 315 g/mol. The number of carbonyl (C=O) groups excluding carboxylic acids is 1. The van der Waals surface area contributed by atoms with Gasteiger partial charge in [0.1, 0.15) is 17.1 Å². The normalized spacial score (nSPS) is 15.0. The summed E-state index contributed by atoms with van der Waals surface area (Å²) >= 11 is 0. The van der Waals surface area contributed by atoms with E-state index in [0.29, 0.717) is 11.3 Å². The van der Waals surface area contributed by atoms with E-state index < -0.39 is 5.60 Å². The minimum absolute atomic E-state index is 0.103. The molecule has 4 heteroatoms. The predicted octanol–water partition coefficient (Wildman–Crippen LogP) is 3.33. The molecular weight excluding hydrogens is 290 g/mol. The lowest BCUT2D eigenvalue weighted by atomic mass is 9.95. The van der Waals surface area contributed by atoms with Crippen molar-refractivity contribution in [2.24, 2.45) is 0 Å². The second-order valence-electron chi connectivity index (χ2n) is 6.45. The van der Waals surface area contributed by atoms with Gasteiger partial charge in [-0.05, 0) is 46.2 Å². The number of furan rings is 1. The number of amides is 1. The summed E-state index contributed by atoms with van der Waals surface area (Å²) in [5, 5.41) is 13.5. The quantitative estimate of drug-likeness (QED) is 0.889. The van der Waals surface area contributed by atoms with Crippen LogP contribution in [0.15, 0.2) is 34.7 Å². The highest BCUT2D eigenvalue weighted by Crippen LogP contribution is 2.26. The third-order valence-electron chi connectivity index (χ3n) is 4.16. The van der Waals surface area contributed by atoms with Gasteiger partial charge < -0.3 is 14.8 Å². The molecule has 124 valence electrons. The molecule has 0 saturated heterocycles. The number of carbonyl (C=O) groups is 1. The van der Waals surface area contributed by atoms with Gasteiger partial charge in [0.15, 0.2) is 0 Å². The van der Waals surface area contributed by atoms with Crippen LogP contribution >= 0.6 is 0 Å². The Hall–Kier alpha value is -2.07. The molecule has 0 aliphatic heterocycles. The molecule has 1 amide bonds. The molecule has 0 aliphatic carbocycles. The summed E-state index contributed by atoms with van der Waals surface area (Å²) in [5.74, 6) is 1.05. The highest BCUT2D eigenvalue weighted by molar-refractivity contribution is 5.83. The maximum absolute atomic E-state index is 12.4. The molecule has 4 nitrogen and oxygen atoms in total. The minimum atomic E-state index is -1.16. The van der Waals surface area contributed by atoms with Gasteiger partial charge in [0.05, 0.1) is 12.5 Å². The molecule has 2 unspecified atom stereocenters. The van der Waals surface area contributed by atoms with Crippen molar-refractivity contribution in [1.29, 1.82) is 0 Å². The van der Waals surface area contributed by atoms with E-state index >= 15 is 0 Å². The summed E-state index contributed by atoms with van der Waals surface area (Å²) in [5.41, 5.74) is 1.64. The fourth-order valence-electron chi connectivity index (χ4n) is 2.76. The Morgan fingerprint density at radius 1 is 1.30 bits per heavy atom. The molecule has 1 aromatic carbocycles.